The van der Waals surface area contributed by atoms with Crippen molar-refractivity contribution in [3.05, 3.63) is 63.1 Å². The molecule has 0 amide bonds. The highest BCUT2D eigenvalue weighted by Gasteiger charge is 2.04. The molecule has 0 saturated heterocycles. The van der Waals surface area contributed by atoms with Crippen LogP contribution in [0.5, 0.6) is 0 Å². The van der Waals surface area contributed by atoms with E-state index >= 15 is 0 Å². The quantitative estimate of drug-likeness (QED) is 0.753. The minimum Gasteiger partial charge on any atom is -0.358 e. The number of thiocarbonyl (C=S) groups is 1. The maximum Gasteiger partial charge on any atom is 0.171 e. The van der Waals surface area contributed by atoms with Crippen molar-refractivity contribution in [2.75, 3.05) is 5.32 Å². The van der Waals surface area contributed by atoms with Crippen LogP contribution in [0.3, 0.4) is 0 Å². The van der Waals surface area contributed by atoms with Gasteiger partial charge in [0.15, 0.2) is 5.11 Å². The van der Waals surface area contributed by atoms with Crippen LogP contribution in [-0.4, -0.2) is 5.11 Å². The second-order valence-electron chi connectivity index (χ2n) is 4.38. The van der Waals surface area contributed by atoms with E-state index in [9.17, 15) is 0 Å². The number of hydrogen-bond donors (Lipinski definition) is 2. The molecule has 0 fully saturated rings. The van der Waals surface area contributed by atoms with E-state index in [0.29, 0.717) is 16.7 Å². The van der Waals surface area contributed by atoms with E-state index in [-0.39, 0.29) is 0 Å². The monoisotopic (exact) mass is 368 g/mol. The highest BCUT2D eigenvalue weighted by atomic mass is 79.9. The molecular formula is C15H14BrClN2S. The molecule has 0 bridgehead atoms. The SMILES string of the molecule is Cc1ccc(NC(=S)NCc2ccccc2Br)c(Cl)c1. The fourth-order valence-electron chi connectivity index (χ4n) is 1.71. The molecule has 2 N–H and O–H groups in total. The smallest absolute Gasteiger partial charge is 0.171 e. The average Bonchev–Trinajstić information content (AvgIpc) is 2.41. The summed E-state index contributed by atoms with van der Waals surface area (Å²) < 4.78 is 1.06. The third-order valence-electron chi connectivity index (χ3n) is 2.77. The Bertz CT molecular complexity index is 631. The van der Waals surface area contributed by atoms with Crippen LogP contribution in [0.15, 0.2) is 46.9 Å². The molecule has 0 aromatic heterocycles. The summed E-state index contributed by atoms with van der Waals surface area (Å²) in [6.45, 7) is 2.65. The van der Waals surface area contributed by atoms with E-state index in [0.717, 1.165) is 21.3 Å². The van der Waals surface area contributed by atoms with E-state index in [2.05, 4.69) is 26.6 Å². The maximum atomic E-state index is 6.16. The molecule has 104 valence electrons. The fourth-order valence-corrected chi connectivity index (χ4v) is 2.59. The molecule has 2 aromatic rings. The molecule has 20 heavy (non-hydrogen) atoms. The molecular weight excluding hydrogens is 356 g/mol. The molecule has 0 heterocycles. The molecule has 0 spiro atoms. The zero-order chi connectivity index (χ0) is 14.5. The summed E-state index contributed by atoms with van der Waals surface area (Å²) in [7, 11) is 0. The van der Waals surface area contributed by atoms with Gasteiger partial charge in [-0.05, 0) is 48.5 Å². The molecule has 0 radical (unpaired) electrons. The first-order valence-corrected chi connectivity index (χ1v) is 7.68. The highest BCUT2D eigenvalue weighted by Crippen LogP contribution is 2.22. The first kappa shape index (κ1) is 15.3. The van der Waals surface area contributed by atoms with Crippen molar-refractivity contribution < 1.29 is 0 Å². The molecule has 0 aliphatic heterocycles. The van der Waals surface area contributed by atoms with Gasteiger partial charge in [0, 0.05) is 11.0 Å². The summed E-state index contributed by atoms with van der Waals surface area (Å²) in [5, 5.41) is 7.47. The molecule has 0 atom stereocenters. The predicted molar refractivity (Wildman–Crippen MR) is 93.4 cm³/mol. The number of rotatable bonds is 3. The maximum absolute atomic E-state index is 6.16. The number of benzene rings is 2. The first-order valence-electron chi connectivity index (χ1n) is 6.10. The third-order valence-corrected chi connectivity index (χ3v) is 4.10. The second kappa shape index (κ2) is 7.07. The lowest BCUT2D eigenvalue weighted by molar-refractivity contribution is 0.920. The predicted octanol–water partition coefficient (Wildman–Crippen LogP) is 4.90. The minimum atomic E-state index is 0.548. The van der Waals surface area contributed by atoms with E-state index in [1.54, 1.807) is 0 Å². The Morgan fingerprint density at radius 2 is 2.00 bits per heavy atom. The van der Waals surface area contributed by atoms with Gasteiger partial charge >= 0.3 is 0 Å². The van der Waals surface area contributed by atoms with Gasteiger partial charge in [-0.25, -0.2) is 0 Å². The van der Waals surface area contributed by atoms with Gasteiger partial charge in [0.1, 0.15) is 0 Å². The third kappa shape index (κ3) is 4.20. The number of aryl methyl sites for hydroxylation is 1. The zero-order valence-corrected chi connectivity index (χ0v) is 14.1. The molecule has 2 rings (SSSR count). The molecule has 0 aliphatic carbocycles. The molecule has 0 aliphatic rings. The van der Waals surface area contributed by atoms with Crippen molar-refractivity contribution in [3.63, 3.8) is 0 Å². The Hall–Kier alpha value is -1.10. The van der Waals surface area contributed by atoms with Crippen molar-refractivity contribution in [1.29, 1.82) is 0 Å². The van der Waals surface area contributed by atoms with Crippen molar-refractivity contribution in [2.45, 2.75) is 13.5 Å². The lowest BCUT2D eigenvalue weighted by Crippen LogP contribution is -2.28. The zero-order valence-electron chi connectivity index (χ0n) is 10.9. The number of anilines is 1. The Labute approximate surface area is 137 Å². The van der Waals surface area contributed by atoms with Gasteiger partial charge in [0.2, 0.25) is 0 Å². The number of halogens is 2. The van der Waals surface area contributed by atoms with Gasteiger partial charge in [-0.3, -0.25) is 0 Å². The summed E-state index contributed by atoms with van der Waals surface area (Å²) in [4.78, 5) is 0. The van der Waals surface area contributed by atoms with Crippen LogP contribution in [0, 0.1) is 6.92 Å². The van der Waals surface area contributed by atoms with Crippen molar-refractivity contribution in [1.82, 2.24) is 5.32 Å². The first-order chi connectivity index (χ1) is 9.56. The molecule has 0 saturated carbocycles. The van der Waals surface area contributed by atoms with Gasteiger partial charge in [-0.2, -0.15) is 0 Å². The van der Waals surface area contributed by atoms with Crippen molar-refractivity contribution in [2.24, 2.45) is 0 Å². The molecule has 2 aromatic carbocycles. The Kier molecular flexibility index (Phi) is 5.40. The fraction of sp³-hybridized carbons (Fsp3) is 0.133. The molecule has 0 unspecified atom stereocenters. The highest BCUT2D eigenvalue weighted by molar-refractivity contribution is 9.10. The number of nitrogens with one attached hydrogen (secondary N) is 2. The standard InChI is InChI=1S/C15H14BrClN2S/c1-10-6-7-14(13(17)8-10)19-15(20)18-9-11-4-2-3-5-12(11)16/h2-8H,9H2,1H3,(H2,18,19,20). The van der Waals surface area contributed by atoms with Crippen LogP contribution < -0.4 is 10.6 Å². The van der Waals surface area contributed by atoms with Crippen LogP contribution in [-0.2, 0) is 6.54 Å². The van der Waals surface area contributed by atoms with E-state index in [1.165, 1.54) is 0 Å². The van der Waals surface area contributed by atoms with Crippen molar-refractivity contribution in [3.8, 4) is 0 Å². The van der Waals surface area contributed by atoms with E-state index < -0.39 is 0 Å². The van der Waals surface area contributed by atoms with Crippen LogP contribution in [0.1, 0.15) is 11.1 Å². The van der Waals surface area contributed by atoms with Crippen molar-refractivity contribution >= 4 is 50.5 Å². The molecule has 5 heteroatoms. The summed E-state index contributed by atoms with van der Waals surface area (Å²) in [5.41, 5.74) is 3.07. The summed E-state index contributed by atoms with van der Waals surface area (Å²) in [5.74, 6) is 0. The number of hydrogen-bond acceptors (Lipinski definition) is 1. The Balaban J connectivity index is 1.94. The van der Waals surface area contributed by atoms with Crippen LogP contribution in [0.4, 0.5) is 5.69 Å². The van der Waals surface area contributed by atoms with Gasteiger partial charge in [-0.1, -0.05) is 51.8 Å². The topological polar surface area (TPSA) is 24.1 Å². The lowest BCUT2D eigenvalue weighted by atomic mass is 10.2. The van der Waals surface area contributed by atoms with Gasteiger partial charge in [-0.15, -0.1) is 0 Å². The largest absolute Gasteiger partial charge is 0.358 e. The normalized spacial score (nSPS) is 10.2. The van der Waals surface area contributed by atoms with Gasteiger partial charge in [0.25, 0.3) is 0 Å². The van der Waals surface area contributed by atoms with Crippen LogP contribution in [0.2, 0.25) is 5.02 Å². The summed E-state index contributed by atoms with van der Waals surface area (Å²) in [6.07, 6.45) is 0. The lowest BCUT2D eigenvalue weighted by Gasteiger charge is -2.12. The molecule has 2 nitrogen and oxygen atoms in total. The Morgan fingerprint density at radius 3 is 2.70 bits per heavy atom. The van der Waals surface area contributed by atoms with E-state index in [4.69, 9.17) is 23.8 Å². The Morgan fingerprint density at radius 1 is 1.25 bits per heavy atom. The van der Waals surface area contributed by atoms with Gasteiger partial charge in [0.05, 0.1) is 10.7 Å². The summed E-state index contributed by atoms with van der Waals surface area (Å²) >= 11 is 14.9. The van der Waals surface area contributed by atoms with E-state index in [1.807, 2.05) is 49.4 Å². The average molecular weight is 370 g/mol. The van der Waals surface area contributed by atoms with Gasteiger partial charge < -0.3 is 10.6 Å². The van der Waals surface area contributed by atoms with Crippen LogP contribution in [0.25, 0.3) is 0 Å². The van der Waals surface area contributed by atoms with Crippen LogP contribution >= 0.6 is 39.7 Å². The second-order valence-corrected chi connectivity index (χ2v) is 6.05. The summed E-state index contributed by atoms with van der Waals surface area (Å²) in [6, 6.07) is 13.8. The minimum absolute atomic E-state index is 0.548.